The van der Waals surface area contributed by atoms with Gasteiger partial charge < -0.3 is 23.6 Å². The second-order valence-corrected chi connectivity index (χ2v) is 9.86. The summed E-state index contributed by atoms with van der Waals surface area (Å²) in [5.74, 6) is -3.34. The number of hydrogen-bond acceptors (Lipinski definition) is 10. The Hall–Kier alpha value is -3.22. The molecule has 0 saturated carbocycles. The molecule has 2 aliphatic rings. The summed E-state index contributed by atoms with van der Waals surface area (Å²) in [4.78, 5) is 61.1. The lowest BCUT2D eigenvalue weighted by atomic mass is 10.2. The molecule has 0 aliphatic carbocycles. The van der Waals surface area contributed by atoms with E-state index < -0.39 is 56.6 Å². The summed E-state index contributed by atoms with van der Waals surface area (Å²) in [6.07, 6.45) is -2.82. The fourth-order valence-electron chi connectivity index (χ4n) is 3.82. The van der Waals surface area contributed by atoms with Gasteiger partial charge in [0.25, 0.3) is 0 Å². The van der Waals surface area contributed by atoms with Crippen molar-refractivity contribution in [2.24, 2.45) is 0 Å². The van der Waals surface area contributed by atoms with Crippen molar-refractivity contribution < 1.29 is 51.8 Å². The van der Waals surface area contributed by atoms with Gasteiger partial charge in [0.1, 0.15) is 11.9 Å². The lowest BCUT2D eigenvalue weighted by Gasteiger charge is -2.29. The third-order valence-corrected chi connectivity index (χ3v) is 7.07. The van der Waals surface area contributed by atoms with Gasteiger partial charge in [-0.1, -0.05) is 0 Å². The first kappa shape index (κ1) is 28.4. The molecular weight excluding hydrogens is 516 g/mol. The topological polar surface area (TPSA) is 152 Å². The number of carbonyl (C=O) groups excluding carboxylic acids is 4. The molecule has 0 bridgehead atoms. The summed E-state index contributed by atoms with van der Waals surface area (Å²) in [7, 11) is -4.99. The van der Waals surface area contributed by atoms with Crippen molar-refractivity contribution in [2.45, 2.75) is 32.8 Å². The van der Waals surface area contributed by atoms with Crippen LogP contribution in [0.15, 0.2) is 18.2 Å². The van der Waals surface area contributed by atoms with Gasteiger partial charge in [0, 0.05) is 20.0 Å². The molecule has 13 nitrogen and oxygen atoms in total. The SMILES string of the molecule is CCOC(=O)CCC(=O)OP(=O)(O)N(CC1CN(c2ccc(N3CCOCC3)c(F)c2)C(=O)O1)C(C)=O. The molecular formula is C22H29FN3O10P. The summed E-state index contributed by atoms with van der Waals surface area (Å²) in [5.41, 5.74) is 0.568. The van der Waals surface area contributed by atoms with E-state index in [2.05, 4.69) is 9.26 Å². The molecule has 3 rings (SSSR count). The van der Waals surface area contributed by atoms with Crippen LogP contribution in [0.3, 0.4) is 0 Å². The number of amides is 2. The van der Waals surface area contributed by atoms with Crippen LogP contribution in [0.2, 0.25) is 0 Å². The number of hydrogen-bond donors (Lipinski definition) is 1. The molecule has 2 fully saturated rings. The standard InChI is InChI=1S/C22H29FN3O10P/c1-3-34-20(28)6-7-21(29)36-37(31,32)26(15(2)27)14-17-13-25(22(30)35-17)16-4-5-19(18(23)12-16)24-8-10-33-11-9-24/h4-5,12,17H,3,6-11,13-14H2,1-2H3,(H,31,32). The average molecular weight is 545 g/mol. The lowest BCUT2D eigenvalue weighted by molar-refractivity contribution is -0.147. The number of esters is 1. The Morgan fingerprint density at radius 2 is 1.89 bits per heavy atom. The lowest BCUT2D eigenvalue weighted by Crippen LogP contribution is -2.37. The molecule has 2 aliphatic heterocycles. The minimum Gasteiger partial charge on any atom is -0.466 e. The average Bonchev–Trinajstić information content (AvgIpc) is 3.21. The number of halogens is 1. The maximum Gasteiger partial charge on any atom is 0.490 e. The molecule has 15 heteroatoms. The van der Waals surface area contributed by atoms with Crippen molar-refractivity contribution >= 4 is 43.1 Å². The number of carbonyl (C=O) groups is 4. The normalized spacial score (nSPS) is 19.1. The summed E-state index contributed by atoms with van der Waals surface area (Å²) < 4.78 is 47.6. The van der Waals surface area contributed by atoms with Crippen molar-refractivity contribution in [1.82, 2.24) is 4.67 Å². The highest BCUT2D eigenvalue weighted by Crippen LogP contribution is 2.47. The molecule has 2 atom stereocenters. The number of nitrogens with zero attached hydrogens (tertiary/aromatic N) is 3. The third kappa shape index (κ3) is 7.40. The maximum absolute atomic E-state index is 14.8. The van der Waals surface area contributed by atoms with E-state index in [1.807, 2.05) is 4.90 Å². The molecule has 1 aromatic carbocycles. The smallest absolute Gasteiger partial charge is 0.466 e. The minimum atomic E-state index is -4.99. The van der Waals surface area contributed by atoms with Crippen LogP contribution >= 0.6 is 7.75 Å². The van der Waals surface area contributed by atoms with Crippen LogP contribution in [-0.2, 0) is 37.7 Å². The molecule has 1 N–H and O–H groups in total. The Morgan fingerprint density at radius 1 is 1.22 bits per heavy atom. The zero-order valence-electron chi connectivity index (χ0n) is 20.5. The summed E-state index contributed by atoms with van der Waals surface area (Å²) in [6, 6.07) is 4.26. The number of morpholine rings is 1. The first-order chi connectivity index (χ1) is 17.5. The van der Waals surface area contributed by atoms with Crippen LogP contribution in [0, 0.1) is 5.82 Å². The largest absolute Gasteiger partial charge is 0.490 e. The Kier molecular flexibility index (Phi) is 9.46. The number of ether oxygens (including phenoxy) is 3. The third-order valence-electron chi connectivity index (χ3n) is 5.57. The second kappa shape index (κ2) is 12.3. The number of cyclic esters (lactones) is 1. The Morgan fingerprint density at radius 3 is 2.51 bits per heavy atom. The predicted molar refractivity (Wildman–Crippen MR) is 126 cm³/mol. The van der Waals surface area contributed by atoms with E-state index in [-0.39, 0.29) is 25.3 Å². The van der Waals surface area contributed by atoms with Crippen LogP contribution in [0.25, 0.3) is 0 Å². The first-order valence-electron chi connectivity index (χ1n) is 11.6. The quantitative estimate of drug-likeness (QED) is 0.338. The molecule has 2 saturated heterocycles. The molecule has 1 aromatic rings. The monoisotopic (exact) mass is 545 g/mol. The van der Waals surface area contributed by atoms with E-state index >= 15 is 0 Å². The van der Waals surface area contributed by atoms with Crippen molar-refractivity contribution in [2.75, 3.05) is 55.8 Å². The molecule has 0 radical (unpaired) electrons. The Balaban J connectivity index is 1.63. The molecule has 204 valence electrons. The van der Waals surface area contributed by atoms with Gasteiger partial charge in [0.05, 0.1) is 57.1 Å². The van der Waals surface area contributed by atoms with E-state index in [1.54, 1.807) is 13.0 Å². The Bertz CT molecular complexity index is 1080. The van der Waals surface area contributed by atoms with Crippen LogP contribution < -0.4 is 9.80 Å². The molecule has 2 heterocycles. The molecule has 0 spiro atoms. The number of benzene rings is 1. The van der Waals surface area contributed by atoms with Gasteiger partial charge in [-0.2, -0.15) is 0 Å². The van der Waals surface area contributed by atoms with Crippen LogP contribution in [0.4, 0.5) is 20.6 Å². The predicted octanol–water partition coefficient (Wildman–Crippen LogP) is 1.82. The van der Waals surface area contributed by atoms with Gasteiger partial charge in [-0.3, -0.25) is 24.2 Å². The second-order valence-electron chi connectivity index (χ2n) is 8.21. The van der Waals surface area contributed by atoms with Gasteiger partial charge in [-0.25, -0.2) is 18.4 Å². The van der Waals surface area contributed by atoms with Gasteiger partial charge in [0.2, 0.25) is 5.91 Å². The van der Waals surface area contributed by atoms with E-state index in [1.165, 1.54) is 12.1 Å². The Labute approximate surface area is 212 Å². The first-order valence-corrected chi connectivity index (χ1v) is 13.1. The van der Waals surface area contributed by atoms with Crippen molar-refractivity contribution in [1.29, 1.82) is 0 Å². The maximum atomic E-state index is 14.8. The molecule has 0 aromatic heterocycles. The summed E-state index contributed by atoms with van der Waals surface area (Å²) >= 11 is 0. The molecule has 2 amide bonds. The van der Waals surface area contributed by atoms with Crippen molar-refractivity contribution in [3.63, 3.8) is 0 Å². The van der Waals surface area contributed by atoms with Crippen LogP contribution in [0.5, 0.6) is 0 Å². The van der Waals surface area contributed by atoms with E-state index in [9.17, 15) is 33.0 Å². The van der Waals surface area contributed by atoms with E-state index in [4.69, 9.17) is 9.47 Å². The minimum absolute atomic E-state index is 0.103. The highest BCUT2D eigenvalue weighted by molar-refractivity contribution is 7.51. The fraction of sp³-hybridized carbons (Fsp3) is 0.545. The van der Waals surface area contributed by atoms with Crippen molar-refractivity contribution in [3.8, 4) is 0 Å². The van der Waals surface area contributed by atoms with Crippen LogP contribution in [-0.4, -0.2) is 85.6 Å². The molecule has 37 heavy (non-hydrogen) atoms. The highest BCUT2D eigenvalue weighted by Gasteiger charge is 2.41. The summed E-state index contributed by atoms with van der Waals surface area (Å²) in [5, 5.41) is 0. The van der Waals surface area contributed by atoms with E-state index in [0.29, 0.717) is 36.7 Å². The van der Waals surface area contributed by atoms with Crippen LogP contribution in [0.1, 0.15) is 26.7 Å². The van der Waals surface area contributed by atoms with Gasteiger partial charge in [-0.15, -0.1) is 0 Å². The highest BCUT2D eigenvalue weighted by atomic mass is 31.2. The van der Waals surface area contributed by atoms with Gasteiger partial charge >= 0.3 is 25.8 Å². The van der Waals surface area contributed by atoms with E-state index in [0.717, 1.165) is 11.8 Å². The van der Waals surface area contributed by atoms with Crippen molar-refractivity contribution in [3.05, 3.63) is 24.0 Å². The number of anilines is 2. The zero-order chi connectivity index (χ0) is 27.2. The summed E-state index contributed by atoms with van der Waals surface area (Å²) in [6.45, 7) is 3.94. The molecule has 2 unspecified atom stereocenters. The van der Waals surface area contributed by atoms with Gasteiger partial charge in [-0.05, 0) is 25.1 Å². The van der Waals surface area contributed by atoms with Gasteiger partial charge in [0.15, 0.2) is 0 Å². The number of rotatable bonds is 10. The zero-order valence-corrected chi connectivity index (χ0v) is 21.4. The fourth-order valence-corrected chi connectivity index (χ4v) is 5.02.